The third-order valence-corrected chi connectivity index (χ3v) is 4.20. The zero-order valence-electron chi connectivity index (χ0n) is 14.3. The number of carbonyl (C=O) groups excluding carboxylic acids is 1. The van der Waals surface area contributed by atoms with E-state index in [2.05, 4.69) is 12.2 Å². The number of hydrogen-bond donors (Lipinski definition) is 2. The number of carbonyl (C=O) groups is 1. The van der Waals surface area contributed by atoms with Crippen LogP contribution in [0, 0.1) is 5.82 Å². The van der Waals surface area contributed by atoms with Crippen LogP contribution in [0.1, 0.15) is 50.6 Å². The van der Waals surface area contributed by atoms with Crippen LogP contribution in [0.5, 0.6) is 5.75 Å². The van der Waals surface area contributed by atoms with Crippen molar-refractivity contribution >= 4 is 6.03 Å². The van der Waals surface area contributed by atoms with E-state index in [0.29, 0.717) is 31.9 Å². The molecule has 0 bridgehead atoms. The van der Waals surface area contributed by atoms with E-state index in [-0.39, 0.29) is 24.5 Å². The number of rotatable bonds is 7. The maximum atomic E-state index is 13.4. The lowest BCUT2D eigenvalue weighted by atomic mass is 10.0. The molecule has 0 saturated heterocycles. The van der Waals surface area contributed by atoms with E-state index in [9.17, 15) is 9.18 Å². The fraction of sp³-hybridized carbons (Fsp3) is 0.611. The van der Waals surface area contributed by atoms with E-state index in [1.165, 1.54) is 12.1 Å². The van der Waals surface area contributed by atoms with Crippen LogP contribution in [-0.4, -0.2) is 42.3 Å². The largest absolute Gasteiger partial charge is 0.493 e. The molecule has 0 radical (unpaired) electrons. The summed E-state index contributed by atoms with van der Waals surface area (Å²) in [4.78, 5) is 14.4. The maximum absolute atomic E-state index is 13.4. The Morgan fingerprint density at radius 1 is 1.42 bits per heavy atom. The average Bonchev–Trinajstić information content (AvgIpc) is 2.76. The lowest BCUT2D eigenvalue weighted by Crippen LogP contribution is -2.42. The third-order valence-electron chi connectivity index (χ3n) is 4.20. The van der Waals surface area contributed by atoms with Gasteiger partial charge in [-0.05, 0) is 31.7 Å². The predicted octanol–water partition coefficient (Wildman–Crippen LogP) is 3.23. The molecule has 0 fully saturated rings. The highest BCUT2D eigenvalue weighted by Gasteiger charge is 2.24. The van der Waals surface area contributed by atoms with Crippen LogP contribution in [0.4, 0.5) is 9.18 Å². The highest BCUT2D eigenvalue weighted by Crippen LogP contribution is 2.32. The topological polar surface area (TPSA) is 61.8 Å². The zero-order chi connectivity index (χ0) is 17.4. The second-order valence-corrected chi connectivity index (χ2v) is 6.09. The van der Waals surface area contributed by atoms with Gasteiger partial charge in [-0.15, -0.1) is 0 Å². The second-order valence-electron chi connectivity index (χ2n) is 6.09. The molecule has 1 aromatic carbocycles. The van der Waals surface area contributed by atoms with Crippen LogP contribution in [-0.2, 0) is 0 Å². The van der Waals surface area contributed by atoms with Crippen LogP contribution < -0.4 is 10.1 Å². The van der Waals surface area contributed by atoms with Gasteiger partial charge in [0.1, 0.15) is 11.6 Å². The SMILES string of the molecule is CCCCN(CCCO)C(=O)NC1CCCOc2cc(F)ccc21. The minimum atomic E-state index is -0.340. The molecular formula is C18H27FN2O3. The van der Waals surface area contributed by atoms with Gasteiger partial charge in [-0.2, -0.15) is 0 Å². The number of fused-ring (bicyclic) bond motifs is 1. The van der Waals surface area contributed by atoms with Gasteiger partial charge in [0.15, 0.2) is 0 Å². The molecular weight excluding hydrogens is 311 g/mol. The first kappa shape index (κ1) is 18.5. The third kappa shape index (κ3) is 5.09. The molecule has 2 rings (SSSR count). The van der Waals surface area contributed by atoms with E-state index in [1.807, 2.05) is 0 Å². The number of nitrogens with zero attached hydrogens (tertiary/aromatic N) is 1. The number of halogens is 1. The molecule has 1 unspecified atom stereocenters. The number of hydrogen-bond acceptors (Lipinski definition) is 3. The van der Waals surface area contributed by atoms with Gasteiger partial charge in [-0.1, -0.05) is 19.4 Å². The molecule has 0 aliphatic carbocycles. The number of unbranched alkanes of at least 4 members (excludes halogenated alkanes) is 1. The van der Waals surface area contributed by atoms with E-state index in [0.717, 1.165) is 31.2 Å². The second kappa shape index (κ2) is 9.47. The monoisotopic (exact) mass is 338 g/mol. The van der Waals surface area contributed by atoms with Gasteiger partial charge < -0.3 is 20.1 Å². The highest BCUT2D eigenvalue weighted by atomic mass is 19.1. The van der Waals surface area contributed by atoms with E-state index < -0.39 is 0 Å². The Balaban J connectivity index is 2.08. The Morgan fingerprint density at radius 2 is 2.21 bits per heavy atom. The normalized spacial score (nSPS) is 16.7. The Morgan fingerprint density at radius 3 is 2.96 bits per heavy atom. The molecule has 1 aromatic rings. The summed E-state index contributed by atoms with van der Waals surface area (Å²) in [5, 5.41) is 12.1. The lowest BCUT2D eigenvalue weighted by molar-refractivity contribution is 0.184. The first-order valence-corrected chi connectivity index (χ1v) is 8.74. The molecule has 2 amide bonds. The van der Waals surface area contributed by atoms with Crippen molar-refractivity contribution in [3.63, 3.8) is 0 Å². The Labute approximate surface area is 142 Å². The summed E-state index contributed by atoms with van der Waals surface area (Å²) in [6.45, 7) is 3.86. The summed E-state index contributed by atoms with van der Waals surface area (Å²) in [6, 6.07) is 4.13. The van der Waals surface area contributed by atoms with Crippen molar-refractivity contribution in [2.24, 2.45) is 0 Å². The molecule has 0 saturated carbocycles. The highest BCUT2D eigenvalue weighted by molar-refractivity contribution is 5.75. The number of benzene rings is 1. The molecule has 0 spiro atoms. The lowest BCUT2D eigenvalue weighted by Gasteiger charge is -2.26. The molecule has 134 valence electrons. The van der Waals surface area contributed by atoms with Crippen molar-refractivity contribution in [1.82, 2.24) is 10.2 Å². The molecule has 1 aliphatic heterocycles. The summed E-state index contributed by atoms with van der Waals surface area (Å²) >= 11 is 0. The van der Waals surface area contributed by atoms with Crippen LogP contribution in [0.3, 0.4) is 0 Å². The number of nitrogens with one attached hydrogen (secondary N) is 1. The summed E-state index contributed by atoms with van der Waals surface area (Å²) in [6.07, 6.45) is 4.04. The van der Waals surface area contributed by atoms with Gasteiger partial charge >= 0.3 is 6.03 Å². The van der Waals surface area contributed by atoms with Crippen LogP contribution in [0.25, 0.3) is 0 Å². The molecule has 6 heteroatoms. The average molecular weight is 338 g/mol. The number of aliphatic hydroxyl groups is 1. The van der Waals surface area contributed by atoms with Gasteiger partial charge in [0.25, 0.3) is 0 Å². The van der Waals surface area contributed by atoms with E-state index in [1.54, 1.807) is 11.0 Å². The van der Waals surface area contributed by atoms with Crippen LogP contribution in [0.2, 0.25) is 0 Å². The van der Waals surface area contributed by atoms with Gasteiger partial charge in [-0.25, -0.2) is 9.18 Å². The summed E-state index contributed by atoms with van der Waals surface area (Å²) in [5.41, 5.74) is 0.819. The molecule has 24 heavy (non-hydrogen) atoms. The van der Waals surface area contributed by atoms with Crippen LogP contribution in [0.15, 0.2) is 18.2 Å². The van der Waals surface area contributed by atoms with Crippen molar-refractivity contribution in [3.8, 4) is 5.75 Å². The van der Waals surface area contributed by atoms with E-state index >= 15 is 0 Å². The summed E-state index contributed by atoms with van der Waals surface area (Å²) in [5.74, 6) is 0.168. The number of urea groups is 1. The zero-order valence-corrected chi connectivity index (χ0v) is 14.3. The van der Waals surface area contributed by atoms with E-state index in [4.69, 9.17) is 9.84 Å². The minimum Gasteiger partial charge on any atom is -0.493 e. The van der Waals surface area contributed by atoms with Gasteiger partial charge in [-0.3, -0.25) is 0 Å². The van der Waals surface area contributed by atoms with Crippen molar-refractivity contribution < 1.29 is 19.0 Å². The fourth-order valence-electron chi connectivity index (χ4n) is 2.86. The molecule has 1 atom stereocenters. The number of aliphatic hydroxyl groups excluding tert-OH is 1. The predicted molar refractivity (Wildman–Crippen MR) is 90.6 cm³/mol. The summed E-state index contributed by atoms with van der Waals surface area (Å²) in [7, 11) is 0. The summed E-state index contributed by atoms with van der Waals surface area (Å²) < 4.78 is 19.0. The number of ether oxygens (including phenoxy) is 1. The Bertz CT molecular complexity index is 531. The molecule has 2 N–H and O–H groups in total. The maximum Gasteiger partial charge on any atom is 0.317 e. The molecule has 1 heterocycles. The first-order valence-electron chi connectivity index (χ1n) is 8.74. The fourth-order valence-corrected chi connectivity index (χ4v) is 2.86. The minimum absolute atomic E-state index is 0.0648. The van der Waals surface area contributed by atoms with Gasteiger partial charge in [0.2, 0.25) is 0 Å². The standard InChI is InChI=1S/C18H27FN2O3/c1-2-3-9-21(10-5-11-22)18(23)20-16-6-4-12-24-17-13-14(19)7-8-15(16)17/h7-8,13,16,22H,2-6,9-12H2,1H3,(H,20,23). The molecule has 5 nitrogen and oxygen atoms in total. The first-order chi connectivity index (χ1) is 11.7. The number of amides is 2. The van der Waals surface area contributed by atoms with Crippen LogP contribution >= 0.6 is 0 Å². The van der Waals surface area contributed by atoms with Crippen molar-refractivity contribution in [2.45, 2.75) is 45.1 Å². The van der Waals surface area contributed by atoms with Crippen molar-refractivity contribution in [1.29, 1.82) is 0 Å². The molecule has 1 aliphatic rings. The van der Waals surface area contributed by atoms with Gasteiger partial charge in [0, 0.05) is 31.3 Å². The van der Waals surface area contributed by atoms with Gasteiger partial charge in [0.05, 0.1) is 12.6 Å². The van der Waals surface area contributed by atoms with Crippen molar-refractivity contribution in [3.05, 3.63) is 29.6 Å². The van der Waals surface area contributed by atoms with Crippen molar-refractivity contribution in [2.75, 3.05) is 26.3 Å². The smallest absolute Gasteiger partial charge is 0.317 e. The Hall–Kier alpha value is -1.82. The quantitative estimate of drug-likeness (QED) is 0.802. The Kier molecular flexibility index (Phi) is 7.31. The molecule has 0 aromatic heterocycles.